The smallest absolute Gasteiger partial charge is 0.306 e. The maximum absolute atomic E-state index is 12.9. The molecule has 0 amide bonds. The first kappa shape index (κ1) is 56.3. The van der Waals surface area contributed by atoms with Crippen molar-refractivity contribution in [1.29, 1.82) is 0 Å². The fraction of sp³-hybridized carbons (Fsp3) is 0.750. The topological polar surface area (TPSA) is 231 Å². The number of aliphatic hydroxyl groups is 7. The van der Waals surface area contributed by atoms with Crippen LogP contribution in [-0.4, -0.2) is 142 Å². The summed E-state index contributed by atoms with van der Waals surface area (Å²) < 4.78 is 33.4. The van der Waals surface area contributed by atoms with Crippen molar-refractivity contribution in [2.45, 2.75) is 203 Å². The van der Waals surface area contributed by atoms with Gasteiger partial charge in [-0.05, 0) is 51.4 Å². The Morgan fingerprint density at radius 2 is 1.00 bits per heavy atom. The molecule has 0 bridgehead atoms. The van der Waals surface area contributed by atoms with Crippen LogP contribution in [0.4, 0.5) is 0 Å². The molecule has 0 aromatic rings. The van der Waals surface area contributed by atoms with Crippen molar-refractivity contribution < 1.29 is 73.8 Å². The van der Waals surface area contributed by atoms with E-state index in [1.54, 1.807) is 0 Å². The fourth-order valence-electron chi connectivity index (χ4n) is 6.90. The van der Waals surface area contributed by atoms with Crippen molar-refractivity contribution in [1.82, 2.24) is 0 Å². The number of esters is 2. The molecule has 7 N–H and O–H groups in total. The van der Waals surface area contributed by atoms with Crippen molar-refractivity contribution in [2.75, 3.05) is 26.4 Å². The van der Waals surface area contributed by atoms with Crippen molar-refractivity contribution in [3.05, 3.63) is 60.8 Å². The van der Waals surface area contributed by atoms with Crippen LogP contribution in [0.2, 0.25) is 0 Å². The van der Waals surface area contributed by atoms with E-state index in [2.05, 4.69) is 62.5 Å². The molecule has 0 aliphatic carbocycles. The molecule has 0 saturated carbocycles. The standard InChI is InChI=1S/C48H80O15/c1-3-5-7-9-11-13-15-16-17-18-19-20-21-23-25-27-29-31-40(51)61-36(33-58-39(50)30-28-26-24-22-14-12-10-8-6-4-2)34-59-47-46(57)44(55)42(53)38(63-47)35-60-48-45(56)43(54)41(52)37(32-49)62-48/h5,7,11,13,16-17,19-20,23,25,36-38,41-49,52-57H,3-4,6,8-10,12,14-15,18,21-22,24,26-35H2,1-2H3/b7-5+,13-11+,17-16+,20-19+,25-23+/t36-,37+,38+,41-,42-,43?,44?,45?,46?,47+,48+/m1/s1. The summed E-state index contributed by atoms with van der Waals surface area (Å²) in [6.07, 6.45) is 21.3. The highest BCUT2D eigenvalue weighted by atomic mass is 16.7. The zero-order chi connectivity index (χ0) is 46.1. The summed E-state index contributed by atoms with van der Waals surface area (Å²) in [6.45, 7) is 2.37. The molecular formula is C48H80O15. The van der Waals surface area contributed by atoms with Gasteiger partial charge in [0, 0.05) is 12.8 Å². The summed E-state index contributed by atoms with van der Waals surface area (Å²) in [7, 11) is 0. The zero-order valence-electron chi connectivity index (χ0n) is 37.8. The SMILES string of the molecule is CC/C=C/C/C=C/C/C=C/C/C=C/C/C=C/CCCC(=O)O[C@H](COC(=O)CCCCCCCCCCCC)CO[C@H]1O[C@@H](CO[C@H]2O[C@@H](CO)[C@@H](O)C(O)C2O)[C@@H](O)C(O)C1O. The van der Waals surface area contributed by atoms with Gasteiger partial charge in [-0.1, -0.05) is 132 Å². The number of aliphatic hydroxyl groups excluding tert-OH is 7. The first-order chi connectivity index (χ1) is 30.5. The third kappa shape index (κ3) is 24.3. The second-order valence-corrected chi connectivity index (χ2v) is 16.2. The largest absolute Gasteiger partial charge is 0.462 e. The lowest BCUT2D eigenvalue weighted by molar-refractivity contribution is -0.332. The monoisotopic (exact) mass is 897 g/mol. The molecular weight excluding hydrogens is 817 g/mol. The van der Waals surface area contributed by atoms with Gasteiger partial charge in [-0.15, -0.1) is 0 Å². The van der Waals surface area contributed by atoms with E-state index in [0.717, 1.165) is 51.4 Å². The molecule has 15 nitrogen and oxygen atoms in total. The number of rotatable bonds is 34. The number of carbonyl (C=O) groups excluding carboxylic acids is 2. The molecule has 63 heavy (non-hydrogen) atoms. The third-order valence-corrected chi connectivity index (χ3v) is 10.8. The Morgan fingerprint density at radius 1 is 0.524 bits per heavy atom. The van der Waals surface area contributed by atoms with E-state index < -0.39 is 99.3 Å². The van der Waals surface area contributed by atoms with E-state index in [4.69, 9.17) is 28.4 Å². The summed E-state index contributed by atoms with van der Waals surface area (Å²) in [5, 5.41) is 71.9. The second-order valence-electron chi connectivity index (χ2n) is 16.2. The highest BCUT2D eigenvalue weighted by molar-refractivity contribution is 5.70. The first-order valence-electron chi connectivity index (χ1n) is 23.4. The highest BCUT2D eigenvalue weighted by Gasteiger charge is 2.47. The Bertz CT molecular complexity index is 1330. The number of unbranched alkanes of at least 4 members (excludes halogenated alkanes) is 10. The van der Waals surface area contributed by atoms with Gasteiger partial charge in [-0.3, -0.25) is 9.59 Å². The molecule has 4 unspecified atom stereocenters. The van der Waals surface area contributed by atoms with Crippen LogP contribution in [0.3, 0.4) is 0 Å². The molecule has 2 saturated heterocycles. The Kier molecular flexibility index (Phi) is 31.7. The van der Waals surface area contributed by atoms with Crippen LogP contribution in [0, 0.1) is 0 Å². The van der Waals surface area contributed by atoms with Gasteiger partial charge in [-0.2, -0.15) is 0 Å². The molecule has 0 radical (unpaired) electrons. The lowest BCUT2D eigenvalue weighted by atomic mass is 9.98. The number of hydrogen-bond donors (Lipinski definition) is 7. The van der Waals surface area contributed by atoms with Crippen LogP contribution in [0.15, 0.2) is 60.8 Å². The van der Waals surface area contributed by atoms with Crippen LogP contribution >= 0.6 is 0 Å². The van der Waals surface area contributed by atoms with Gasteiger partial charge in [-0.25, -0.2) is 0 Å². The number of carbonyl (C=O) groups is 2. The molecule has 0 aromatic carbocycles. The molecule has 2 rings (SSSR count). The molecule has 2 aliphatic rings. The average molecular weight is 897 g/mol. The number of allylic oxidation sites excluding steroid dienone is 10. The maximum Gasteiger partial charge on any atom is 0.306 e. The minimum atomic E-state index is -1.78. The lowest BCUT2D eigenvalue weighted by Crippen LogP contribution is -2.61. The van der Waals surface area contributed by atoms with E-state index in [-0.39, 0.29) is 19.4 Å². The van der Waals surface area contributed by atoms with Crippen molar-refractivity contribution >= 4 is 11.9 Å². The van der Waals surface area contributed by atoms with Crippen molar-refractivity contribution in [2.24, 2.45) is 0 Å². The summed E-state index contributed by atoms with van der Waals surface area (Å²) in [5.74, 6) is -1.00. The van der Waals surface area contributed by atoms with E-state index in [9.17, 15) is 45.3 Å². The number of ether oxygens (including phenoxy) is 6. The predicted octanol–water partition coefficient (Wildman–Crippen LogP) is 5.31. The zero-order valence-corrected chi connectivity index (χ0v) is 37.8. The van der Waals surface area contributed by atoms with E-state index in [1.807, 2.05) is 12.2 Å². The molecule has 0 aromatic heterocycles. The molecule has 2 heterocycles. The van der Waals surface area contributed by atoms with Gasteiger partial charge in [0.2, 0.25) is 0 Å². The van der Waals surface area contributed by atoms with E-state index >= 15 is 0 Å². The van der Waals surface area contributed by atoms with Crippen molar-refractivity contribution in [3.8, 4) is 0 Å². The van der Waals surface area contributed by atoms with Gasteiger partial charge in [0.25, 0.3) is 0 Å². The maximum atomic E-state index is 12.9. The summed E-state index contributed by atoms with van der Waals surface area (Å²) in [4.78, 5) is 25.6. The normalized spacial score (nSPS) is 27.4. The van der Waals surface area contributed by atoms with Gasteiger partial charge in [0.1, 0.15) is 55.4 Å². The second kappa shape index (κ2) is 35.5. The molecule has 362 valence electrons. The van der Waals surface area contributed by atoms with Crippen LogP contribution in [0.5, 0.6) is 0 Å². The summed E-state index contributed by atoms with van der Waals surface area (Å²) >= 11 is 0. The fourth-order valence-corrected chi connectivity index (χ4v) is 6.90. The van der Waals surface area contributed by atoms with E-state index in [1.165, 1.54) is 38.5 Å². The Labute approximate surface area is 375 Å². The van der Waals surface area contributed by atoms with Crippen LogP contribution in [0.25, 0.3) is 0 Å². The van der Waals surface area contributed by atoms with Crippen LogP contribution in [0.1, 0.15) is 136 Å². The van der Waals surface area contributed by atoms with Gasteiger partial charge >= 0.3 is 11.9 Å². The Morgan fingerprint density at radius 3 is 1.56 bits per heavy atom. The molecule has 2 aliphatic heterocycles. The molecule has 2 fully saturated rings. The minimum absolute atomic E-state index is 0.0855. The van der Waals surface area contributed by atoms with Crippen molar-refractivity contribution in [3.63, 3.8) is 0 Å². The van der Waals surface area contributed by atoms with Gasteiger partial charge < -0.3 is 64.2 Å². The summed E-state index contributed by atoms with van der Waals surface area (Å²) in [5.41, 5.74) is 0. The van der Waals surface area contributed by atoms with Crippen LogP contribution in [-0.2, 0) is 38.0 Å². The first-order valence-corrected chi connectivity index (χ1v) is 23.4. The quantitative estimate of drug-likeness (QED) is 0.0246. The third-order valence-electron chi connectivity index (χ3n) is 10.8. The Hall–Kier alpha value is -2.80. The summed E-state index contributed by atoms with van der Waals surface area (Å²) in [6, 6.07) is 0. The molecule has 0 spiro atoms. The number of hydrogen-bond acceptors (Lipinski definition) is 15. The Balaban J connectivity index is 1.87. The lowest BCUT2D eigenvalue weighted by Gasteiger charge is -2.42. The van der Waals surface area contributed by atoms with Gasteiger partial charge in [0.15, 0.2) is 18.7 Å². The average Bonchev–Trinajstić information content (AvgIpc) is 3.28. The highest BCUT2D eigenvalue weighted by Crippen LogP contribution is 2.26. The van der Waals surface area contributed by atoms with Gasteiger partial charge in [0.05, 0.1) is 19.8 Å². The van der Waals surface area contributed by atoms with Crippen LogP contribution < -0.4 is 0 Å². The minimum Gasteiger partial charge on any atom is -0.462 e. The predicted molar refractivity (Wildman–Crippen MR) is 238 cm³/mol. The molecule has 15 heteroatoms. The van der Waals surface area contributed by atoms with E-state index in [0.29, 0.717) is 19.3 Å². The molecule has 11 atom stereocenters.